The molecular formula is C16H15FN4O2. The number of nitrogens with zero attached hydrogens (tertiary/aromatic N) is 1. The van der Waals surface area contributed by atoms with Crippen LogP contribution in [0.1, 0.15) is 30.9 Å². The maximum absolute atomic E-state index is 13.2. The van der Waals surface area contributed by atoms with Crippen molar-refractivity contribution >= 4 is 17.5 Å². The van der Waals surface area contributed by atoms with Crippen molar-refractivity contribution in [1.82, 2.24) is 9.97 Å². The van der Waals surface area contributed by atoms with Crippen LogP contribution in [-0.2, 0) is 4.79 Å². The molecule has 3 rings (SSSR count). The molecule has 0 radical (unpaired) electrons. The maximum atomic E-state index is 13.2. The number of nitrogen functional groups attached to an aromatic ring is 1. The number of fused-ring (bicyclic) bond motifs is 1. The molecule has 0 saturated heterocycles. The number of ketones is 1. The average Bonchev–Trinajstić information content (AvgIpc) is 2.45. The number of allylic oxidation sites excluding steroid dienone is 2. The smallest absolute Gasteiger partial charge is 0.258 e. The minimum Gasteiger partial charge on any atom is -0.369 e. The summed E-state index contributed by atoms with van der Waals surface area (Å²) in [6.45, 7) is 3.16. The Morgan fingerprint density at radius 1 is 1.30 bits per heavy atom. The third-order valence-corrected chi connectivity index (χ3v) is 3.84. The Balaban J connectivity index is 2.31. The normalized spacial score (nSPS) is 16.7. The van der Waals surface area contributed by atoms with E-state index in [0.717, 1.165) is 0 Å². The van der Waals surface area contributed by atoms with Crippen LogP contribution in [0.15, 0.2) is 40.3 Å². The molecule has 1 aliphatic heterocycles. The SMILES string of the molecule is CC(=O)C1=C(C)Nc2nc(N)[nH]c(=O)c2C1c1ccc(F)cc1. The molecule has 0 spiro atoms. The van der Waals surface area contributed by atoms with Gasteiger partial charge >= 0.3 is 0 Å². The van der Waals surface area contributed by atoms with Crippen LogP contribution >= 0.6 is 0 Å². The maximum Gasteiger partial charge on any atom is 0.258 e. The minimum absolute atomic E-state index is 0.0156. The zero-order valence-electron chi connectivity index (χ0n) is 12.6. The first-order valence-corrected chi connectivity index (χ1v) is 7.02. The Bertz CT molecular complexity index is 884. The van der Waals surface area contributed by atoms with Gasteiger partial charge in [0.25, 0.3) is 5.56 Å². The number of Topliss-reactive ketones (excluding diaryl/α,β-unsaturated/α-hetero) is 1. The summed E-state index contributed by atoms with van der Waals surface area (Å²) in [5.74, 6) is -0.897. The van der Waals surface area contributed by atoms with E-state index in [4.69, 9.17) is 5.73 Å². The van der Waals surface area contributed by atoms with Gasteiger partial charge in [0.05, 0.1) is 5.56 Å². The van der Waals surface area contributed by atoms with Crippen LogP contribution < -0.4 is 16.6 Å². The standard InChI is InChI=1S/C16H15FN4O2/c1-7-11(8(2)22)12(9-3-5-10(17)6-4-9)13-14(19-7)20-16(18)21-15(13)23/h3-6,12H,1-2H3,(H4,18,19,20,21,23). The van der Waals surface area contributed by atoms with Crippen molar-refractivity contribution in [3.05, 3.63) is 62.8 Å². The van der Waals surface area contributed by atoms with Gasteiger partial charge in [-0.2, -0.15) is 4.98 Å². The van der Waals surface area contributed by atoms with E-state index in [1.165, 1.54) is 19.1 Å². The monoisotopic (exact) mass is 314 g/mol. The Labute approximate surface area is 131 Å². The Hall–Kier alpha value is -2.96. The van der Waals surface area contributed by atoms with Gasteiger partial charge in [-0.3, -0.25) is 14.6 Å². The molecule has 4 N–H and O–H groups in total. The summed E-state index contributed by atoms with van der Waals surface area (Å²) in [6, 6.07) is 5.70. The molecule has 0 fully saturated rings. The number of aromatic nitrogens is 2. The predicted octanol–water partition coefficient (Wildman–Crippen LogP) is 1.91. The number of rotatable bonds is 2. The highest BCUT2D eigenvalue weighted by molar-refractivity contribution is 5.98. The number of H-pyrrole nitrogens is 1. The molecule has 6 nitrogen and oxygen atoms in total. The highest BCUT2D eigenvalue weighted by Crippen LogP contribution is 2.39. The fraction of sp³-hybridized carbons (Fsp3) is 0.188. The number of carbonyl (C=O) groups is 1. The molecule has 0 saturated carbocycles. The average molecular weight is 314 g/mol. The summed E-state index contributed by atoms with van der Waals surface area (Å²) in [6.07, 6.45) is 0. The lowest BCUT2D eigenvalue weighted by atomic mass is 9.81. The van der Waals surface area contributed by atoms with E-state index in [1.807, 2.05) is 0 Å². The van der Waals surface area contributed by atoms with Crippen molar-refractivity contribution in [2.24, 2.45) is 0 Å². The van der Waals surface area contributed by atoms with Crippen molar-refractivity contribution in [3.63, 3.8) is 0 Å². The van der Waals surface area contributed by atoms with Crippen molar-refractivity contribution in [3.8, 4) is 0 Å². The third-order valence-electron chi connectivity index (χ3n) is 3.84. The van der Waals surface area contributed by atoms with Gasteiger partial charge in [0.2, 0.25) is 5.95 Å². The van der Waals surface area contributed by atoms with E-state index in [1.54, 1.807) is 19.1 Å². The molecule has 1 aromatic carbocycles. The Kier molecular flexibility index (Phi) is 3.48. The van der Waals surface area contributed by atoms with Crippen molar-refractivity contribution < 1.29 is 9.18 Å². The fourth-order valence-electron chi connectivity index (χ4n) is 2.92. The molecule has 1 unspecified atom stereocenters. The highest BCUT2D eigenvalue weighted by atomic mass is 19.1. The molecule has 0 amide bonds. The first-order chi connectivity index (χ1) is 10.9. The lowest BCUT2D eigenvalue weighted by Crippen LogP contribution is -2.30. The molecule has 23 heavy (non-hydrogen) atoms. The topological polar surface area (TPSA) is 101 Å². The quantitative estimate of drug-likeness (QED) is 0.786. The number of carbonyl (C=O) groups excluding carboxylic acids is 1. The van der Waals surface area contributed by atoms with Crippen molar-refractivity contribution in [2.45, 2.75) is 19.8 Å². The molecule has 118 valence electrons. The van der Waals surface area contributed by atoms with E-state index < -0.39 is 17.3 Å². The molecule has 1 aromatic heterocycles. The van der Waals surface area contributed by atoms with E-state index in [-0.39, 0.29) is 11.7 Å². The zero-order chi connectivity index (χ0) is 16.7. The second-order valence-corrected chi connectivity index (χ2v) is 5.42. The fourth-order valence-corrected chi connectivity index (χ4v) is 2.92. The lowest BCUT2D eigenvalue weighted by Gasteiger charge is -2.28. The molecule has 0 aliphatic carbocycles. The van der Waals surface area contributed by atoms with Gasteiger partial charge in [-0.25, -0.2) is 4.39 Å². The summed E-state index contributed by atoms with van der Waals surface area (Å²) in [5, 5.41) is 2.96. The second kappa shape index (κ2) is 5.35. The van der Waals surface area contributed by atoms with Gasteiger partial charge in [-0.05, 0) is 31.5 Å². The largest absolute Gasteiger partial charge is 0.369 e. The van der Waals surface area contributed by atoms with Crippen LogP contribution in [0.2, 0.25) is 0 Å². The van der Waals surface area contributed by atoms with Crippen LogP contribution in [0.25, 0.3) is 0 Å². The summed E-state index contributed by atoms with van der Waals surface area (Å²) in [5.41, 5.74) is 7.13. The van der Waals surface area contributed by atoms with Crippen LogP contribution in [0.4, 0.5) is 16.2 Å². The van der Waals surface area contributed by atoms with E-state index in [0.29, 0.717) is 28.2 Å². The highest BCUT2D eigenvalue weighted by Gasteiger charge is 2.33. The first-order valence-electron chi connectivity index (χ1n) is 7.02. The number of nitrogens with two attached hydrogens (primary N) is 1. The summed E-state index contributed by atoms with van der Waals surface area (Å²) in [7, 11) is 0. The number of halogens is 1. The summed E-state index contributed by atoms with van der Waals surface area (Å²) in [4.78, 5) is 31.1. The lowest BCUT2D eigenvalue weighted by molar-refractivity contribution is -0.113. The molecular weight excluding hydrogens is 299 g/mol. The number of benzene rings is 1. The summed E-state index contributed by atoms with van der Waals surface area (Å²) >= 11 is 0. The van der Waals surface area contributed by atoms with E-state index in [9.17, 15) is 14.0 Å². The van der Waals surface area contributed by atoms with Gasteiger partial charge < -0.3 is 11.1 Å². The zero-order valence-corrected chi connectivity index (χ0v) is 12.6. The third kappa shape index (κ3) is 2.50. The van der Waals surface area contributed by atoms with Crippen molar-refractivity contribution in [1.29, 1.82) is 0 Å². The number of hydrogen-bond acceptors (Lipinski definition) is 5. The number of nitrogens with one attached hydrogen (secondary N) is 2. The first kappa shape index (κ1) is 15.0. The summed E-state index contributed by atoms with van der Waals surface area (Å²) < 4.78 is 13.2. The minimum atomic E-state index is -0.624. The van der Waals surface area contributed by atoms with Gasteiger partial charge in [0.15, 0.2) is 5.78 Å². The number of hydrogen-bond donors (Lipinski definition) is 3. The molecule has 2 aromatic rings. The van der Waals surface area contributed by atoms with Gasteiger partial charge in [-0.15, -0.1) is 0 Å². The van der Waals surface area contributed by atoms with Gasteiger partial charge in [0, 0.05) is 17.2 Å². The van der Waals surface area contributed by atoms with Crippen LogP contribution in [-0.4, -0.2) is 15.8 Å². The molecule has 2 heterocycles. The number of aromatic amines is 1. The van der Waals surface area contributed by atoms with E-state index >= 15 is 0 Å². The second-order valence-electron chi connectivity index (χ2n) is 5.42. The molecule has 7 heteroatoms. The van der Waals surface area contributed by atoms with Gasteiger partial charge in [0.1, 0.15) is 11.6 Å². The Morgan fingerprint density at radius 2 is 1.96 bits per heavy atom. The van der Waals surface area contributed by atoms with Crippen molar-refractivity contribution in [2.75, 3.05) is 11.1 Å². The predicted molar refractivity (Wildman–Crippen MR) is 84.5 cm³/mol. The molecule has 1 atom stereocenters. The molecule has 0 bridgehead atoms. The van der Waals surface area contributed by atoms with Crippen LogP contribution in [0, 0.1) is 5.82 Å². The molecule has 1 aliphatic rings. The van der Waals surface area contributed by atoms with E-state index in [2.05, 4.69) is 15.3 Å². The van der Waals surface area contributed by atoms with Crippen LogP contribution in [0.5, 0.6) is 0 Å². The van der Waals surface area contributed by atoms with Crippen LogP contribution in [0.3, 0.4) is 0 Å². The number of anilines is 2. The van der Waals surface area contributed by atoms with Gasteiger partial charge in [-0.1, -0.05) is 12.1 Å². The Morgan fingerprint density at radius 3 is 2.57 bits per heavy atom.